The normalized spacial score (nSPS) is 18.1. The van der Waals surface area contributed by atoms with Gasteiger partial charge in [-0.1, -0.05) is 25.9 Å². The lowest BCUT2D eigenvalue weighted by Gasteiger charge is -2.28. The van der Waals surface area contributed by atoms with Crippen LogP contribution in [0.1, 0.15) is 94.8 Å². The van der Waals surface area contributed by atoms with Gasteiger partial charge >= 0.3 is 0 Å². The first kappa shape index (κ1) is 18.8. The Labute approximate surface area is 163 Å². The van der Waals surface area contributed by atoms with E-state index in [0.717, 1.165) is 18.5 Å². The van der Waals surface area contributed by atoms with E-state index in [2.05, 4.69) is 10.3 Å². The van der Waals surface area contributed by atoms with Gasteiger partial charge in [-0.05, 0) is 31.1 Å². The summed E-state index contributed by atoms with van der Waals surface area (Å²) < 4.78 is 6.77. The number of hydrogen-bond donors (Lipinski definition) is 0. The fourth-order valence-corrected chi connectivity index (χ4v) is 4.35. The van der Waals surface area contributed by atoms with Crippen molar-refractivity contribution in [2.24, 2.45) is 5.41 Å². The Bertz CT molecular complexity index is 980. The Balaban J connectivity index is 1.67. The number of Topliss-reactive ketones (excluding diaryl/α,β-unsaturated/α-hetero) is 2. The Morgan fingerprint density at radius 1 is 1.07 bits per heavy atom. The Kier molecular flexibility index (Phi) is 4.56. The van der Waals surface area contributed by atoms with Crippen LogP contribution in [0.3, 0.4) is 0 Å². The molecule has 7 heteroatoms. The molecule has 0 saturated carbocycles. The smallest absolute Gasteiger partial charge is 0.246 e. The number of hydrogen-bond acceptors (Lipinski definition) is 6. The largest absolute Gasteiger partial charge is 0.360 e. The Morgan fingerprint density at radius 2 is 1.82 bits per heavy atom. The van der Waals surface area contributed by atoms with E-state index in [0.29, 0.717) is 66.8 Å². The molecule has 0 spiro atoms. The van der Waals surface area contributed by atoms with E-state index in [1.807, 2.05) is 13.8 Å². The standard InChI is InChI=1S/C21H25N3O4/c1-4-18(27)24-14-10-21(2,3)11-16(26)19(14)12(22-24)8-9-13-20-15(25)6-5-7-17(20)28-23-13/h4-11H2,1-3H3. The third kappa shape index (κ3) is 3.12. The Morgan fingerprint density at radius 3 is 2.57 bits per heavy atom. The maximum Gasteiger partial charge on any atom is 0.246 e. The van der Waals surface area contributed by atoms with E-state index in [4.69, 9.17) is 4.52 Å². The molecule has 0 saturated heterocycles. The van der Waals surface area contributed by atoms with Gasteiger partial charge in [-0.2, -0.15) is 5.10 Å². The molecule has 2 aliphatic carbocycles. The van der Waals surface area contributed by atoms with Crippen molar-refractivity contribution in [3.05, 3.63) is 34.0 Å². The van der Waals surface area contributed by atoms with Crippen molar-refractivity contribution in [1.29, 1.82) is 0 Å². The van der Waals surface area contributed by atoms with Crippen molar-refractivity contribution in [1.82, 2.24) is 14.9 Å². The molecule has 2 aromatic rings. The summed E-state index contributed by atoms with van der Waals surface area (Å²) in [6, 6.07) is 0. The van der Waals surface area contributed by atoms with E-state index in [1.54, 1.807) is 6.92 Å². The van der Waals surface area contributed by atoms with Gasteiger partial charge in [-0.15, -0.1) is 0 Å². The summed E-state index contributed by atoms with van der Waals surface area (Å²) in [5, 5.41) is 8.61. The zero-order valence-electron chi connectivity index (χ0n) is 16.6. The quantitative estimate of drug-likeness (QED) is 0.803. The van der Waals surface area contributed by atoms with E-state index in [-0.39, 0.29) is 22.9 Å². The highest BCUT2D eigenvalue weighted by atomic mass is 16.5. The molecule has 7 nitrogen and oxygen atoms in total. The average Bonchev–Trinajstić information content (AvgIpc) is 3.20. The van der Waals surface area contributed by atoms with Crippen LogP contribution in [0.2, 0.25) is 0 Å². The molecule has 4 rings (SSSR count). The third-order valence-electron chi connectivity index (χ3n) is 5.67. The number of fused-ring (bicyclic) bond motifs is 2. The third-order valence-corrected chi connectivity index (χ3v) is 5.67. The summed E-state index contributed by atoms with van der Waals surface area (Å²) in [5.41, 5.74) is 2.98. The first-order chi connectivity index (χ1) is 13.3. The summed E-state index contributed by atoms with van der Waals surface area (Å²) in [4.78, 5) is 37.5. The minimum Gasteiger partial charge on any atom is -0.360 e. The van der Waals surface area contributed by atoms with Gasteiger partial charge in [0.1, 0.15) is 5.76 Å². The highest BCUT2D eigenvalue weighted by Crippen LogP contribution is 2.36. The van der Waals surface area contributed by atoms with Gasteiger partial charge in [0.15, 0.2) is 11.6 Å². The lowest BCUT2D eigenvalue weighted by atomic mass is 9.75. The van der Waals surface area contributed by atoms with Crippen LogP contribution in [0.5, 0.6) is 0 Å². The van der Waals surface area contributed by atoms with Gasteiger partial charge in [0.25, 0.3) is 0 Å². The number of ketones is 2. The molecule has 0 aromatic carbocycles. The molecule has 2 heterocycles. The molecule has 0 aliphatic heterocycles. The first-order valence-corrected chi connectivity index (χ1v) is 9.98. The number of carbonyl (C=O) groups is 3. The SMILES string of the molecule is CCC(=O)n1nc(CCc2noc3c2C(=O)CCC3)c2c1CC(C)(C)CC2=O. The van der Waals surface area contributed by atoms with Gasteiger partial charge in [-0.3, -0.25) is 14.4 Å². The average molecular weight is 383 g/mol. The fraction of sp³-hybridized carbons (Fsp3) is 0.571. The second-order valence-electron chi connectivity index (χ2n) is 8.57. The molecule has 148 valence electrons. The van der Waals surface area contributed by atoms with Crippen molar-refractivity contribution in [2.75, 3.05) is 0 Å². The van der Waals surface area contributed by atoms with Crippen LogP contribution in [0.4, 0.5) is 0 Å². The van der Waals surface area contributed by atoms with Crippen LogP contribution in [0.15, 0.2) is 4.52 Å². The number of rotatable bonds is 4. The second-order valence-corrected chi connectivity index (χ2v) is 8.57. The predicted molar refractivity (Wildman–Crippen MR) is 101 cm³/mol. The van der Waals surface area contributed by atoms with Crippen LogP contribution < -0.4 is 0 Å². The highest BCUT2D eigenvalue weighted by Gasteiger charge is 2.37. The predicted octanol–water partition coefficient (Wildman–Crippen LogP) is 3.38. The minimum atomic E-state index is -0.190. The zero-order chi connectivity index (χ0) is 20.1. The van der Waals surface area contributed by atoms with Crippen molar-refractivity contribution in [3.63, 3.8) is 0 Å². The van der Waals surface area contributed by atoms with Crippen molar-refractivity contribution in [2.45, 2.75) is 72.1 Å². The first-order valence-electron chi connectivity index (χ1n) is 9.98. The fourth-order valence-electron chi connectivity index (χ4n) is 4.35. The summed E-state index contributed by atoms with van der Waals surface area (Å²) in [6.45, 7) is 5.86. The van der Waals surface area contributed by atoms with E-state index in [9.17, 15) is 14.4 Å². The van der Waals surface area contributed by atoms with Crippen LogP contribution in [0, 0.1) is 5.41 Å². The minimum absolute atomic E-state index is 0.0367. The van der Waals surface area contributed by atoms with Gasteiger partial charge in [0.05, 0.1) is 28.2 Å². The Hall–Kier alpha value is -2.57. The maximum atomic E-state index is 12.8. The molecule has 0 unspecified atom stereocenters. The lowest BCUT2D eigenvalue weighted by Crippen LogP contribution is -2.29. The van der Waals surface area contributed by atoms with Crippen LogP contribution in [0.25, 0.3) is 0 Å². The maximum absolute atomic E-state index is 12.8. The summed E-state index contributed by atoms with van der Waals surface area (Å²) in [5.74, 6) is 0.665. The molecule has 2 aromatic heterocycles. The molecule has 0 atom stereocenters. The number of carbonyl (C=O) groups excluding carboxylic acids is 3. The number of aromatic nitrogens is 3. The molecule has 0 fully saturated rings. The molecule has 0 radical (unpaired) electrons. The molecule has 0 bridgehead atoms. The van der Waals surface area contributed by atoms with Crippen LogP contribution in [-0.2, 0) is 25.7 Å². The molecule has 28 heavy (non-hydrogen) atoms. The summed E-state index contributed by atoms with van der Waals surface area (Å²) in [7, 11) is 0. The van der Waals surface area contributed by atoms with Crippen molar-refractivity contribution in [3.8, 4) is 0 Å². The van der Waals surface area contributed by atoms with E-state index < -0.39 is 0 Å². The molecule has 0 amide bonds. The topological polar surface area (TPSA) is 95.1 Å². The van der Waals surface area contributed by atoms with Gasteiger partial charge < -0.3 is 4.52 Å². The van der Waals surface area contributed by atoms with Crippen molar-refractivity contribution < 1.29 is 18.9 Å². The van der Waals surface area contributed by atoms with E-state index in [1.165, 1.54) is 4.68 Å². The monoisotopic (exact) mass is 383 g/mol. The van der Waals surface area contributed by atoms with Crippen LogP contribution in [-0.4, -0.2) is 32.4 Å². The van der Waals surface area contributed by atoms with Gasteiger partial charge in [-0.25, -0.2) is 4.68 Å². The van der Waals surface area contributed by atoms with E-state index >= 15 is 0 Å². The van der Waals surface area contributed by atoms with Gasteiger partial charge in [0, 0.05) is 25.7 Å². The molecule has 2 aliphatic rings. The second kappa shape index (κ2) is 6.79. The summed E-state index contributed by atoms with van der Waals surface area (Å²) >= 11 is 0. The molecular formula is C21H25N3O4. The zero-order valence-corrected chi connectivity index (χ0v) is 16.6. The number of nitrogens with zero attached hydrogens (tertiary/aromatic N) is 3. The molecular weight excluding hydrogens is 358 g/mol. The van der Waals surface area contributed by atoms with Gasteiger partial charge in [0.2, 0.25) is 5.91 Å². The lowest BCUT2D eigenvalue weighted by molar-refractivity contribution is 0.0875. The van der Waals surface area contributed by atoms with Crippen molar-refractivity contribution >= 4 is 17.5 Å². The summed E-state index contributed by atoms with van der Waals surface area (Å²) in [6.07, 6.45) is 4.37. The number of aryl methyl sites for hydroxylation is 3. The highest BCUT2D eigenvalue weighted by molar-refractivity contribution is 6.01. The van der Waals surface area contributed by atoms with Crippen LogP contribution >= 0.6 is 0 Å². The molecule has 0 N–H and O–H groups in total.